The number of ether oxygens (including phenoxy) is 1. The Morgan fingerprint density at radius 2 is 2.11 bits per heavy atom. The summed E-state index contributed by atoms with van der Waals surface area (Å²) in [6, 6.07) is 7.78. The van der Waals surface area contributed by atoms with Gasteiger partial charge in [0.25, 0.3) is 0 Å². The number of allylic oxidation sites excluding steroid dienone is 4. The van der Waals surface area contributed by atoms with E-state index in [1.54, 1.807) is 6.08 Å². The van der Waals surface area contributed by atoms with E-state index < -0.39 is 0 Å². The maximum absolute atomic E-state index is 11.2. The number of rotatable bonds is 6. The third kappa shape index (κ3) is 5.37. The molecule has 0 heterocycles. The molecule has 0 amide bonds. The summed E-state index contributed by atoms with van der Waals surface area (Å²) in [4.78, 5) is 12.2. The maximum Gasteiger partial charge on any atom is 0.309 e. The highest BCUT2D eigenvalue weighted by atomic mass is 35.7. The predicted octanol–water partition coefficient (Wildman–Crippen LogP) is 4.62. The molecule has 2 nitrogen and oxygen atoms in total. The second-order valence-corrected chi connectivity index (χ2v) is 4.72. The molecule has 0 aromatic heterocycles. The van der Waals surface area contributed by atoms with Gasteiger partial charge in [-0.15, -0.1) is 0 Å². The summed E-state index contributed by atoms with van der Waals surface area (Å²) >= 11 is 0. The molecule has 0 bridgehead atoms. The molecule has 0 saturated heterocycles. The van der Waals surface area contributed by atoms with Crippen molar-refractivity contribution in [2.45, 2.75) is 11.3 Å². The van der Waals surface area contributed by atoms with E-state index in [0.29, 0.717) is 0 Å². The van der Waals surface area contributed by atoms with Crippen LogP contribution < -0.4 is 0 Å². The van der Waals surface area contributed by atoms with E-state index in [1.165, 1.54) is 18.1 Å². The smallest absolute Gasteiger partial charge is 0.309 e. The first-order valence-corrected chi connectivity index (χ1v) is 7.30. The molecule has 100 valence electrons. The Labute approximate surface area is 122 Å². The van der Waals surface area contributed by atoms with E-state index in [-0.39, 0.29) is 12.4 Å². The van der Waals surface area contributed by atoms with Gasteiger partial charge in [-0.05, 0) is 44.9 Å². The summed E-state index contributed by atoms with van der Waals surface area (Å²) in [7, 11) is 8.23. The lowest BCUT2D eigenvalue weighted by atomic mass is 10.0. The van der Waals surface area contributed by atoms with Crippen molar-refractivity contribution >= 4 is 33.2 Å². The number of methoxy groups -OCH3 is 1. The molecule has 4 heteroatoms. The lowest BCUT2D eigenvalue weighted by molar-refractivity contribution is -0.139. The van der Waals surface area contributed by atoms with Gasteiger partial charge in [-0.3, -0.25) is 4.79 Å². The lowest BCUT2D eigenvalue weighted by Crippen LogP contribution is -1.97. The van der Waals surface area contributed by atoms with Crippen molar-refractivity contribution in [3.8, 4) is 0 Å². The quantitative estimate of drug-likeness (QED) is 0.565. The Morgan fingerprint density at radius 3 is 2.63 bits per heavy atom. The van der Waals surface area contributed by atoms with E-state index in [0.717, 1.165) is 16.0 Å². The van der Waals surface area contributed by atoms with Crippen molar-refractivity contribution in [3.05, 3.63) is 60.7 Å². The molecule has 0 aliphatic rings. The average Bonchev–Trinajstić information content (AvgIpc) is 2.47. The third-order valence-electron chi connectivity index (χ3n) is 2.40. The molecule has 0 aliphatic heterocycles. The van der Waals surface area contributed by atoms with Gasteiger partial charge < -0.3 is 4.74 Å². The van der Waals surface area contributed by atoms with E-state index in [2.05, 4.69) is 11.3 Å². The molecule has 0 aliphatic carbocycles. The van der Waals surface area contributed by atoms with E-state index >= 15 is 0 Å². The highest BCUT2D eigenvalue weighted by Gasteiger charge is 2.01. The summed E-state index contributed by atoms with van der Waals surface area (Å²) in [5.41, 5.74) is 1.95. The molecule has 1 rings (SSSR count). The molecule has 0 atom stereocenters. The number of carbonyl (C=O) groups excluding carboxylic acids is 1. The van der Waals surface area contributed by atoms with Crippen LogP contribution in [-0.4, -0.2) is 13.1 Å². The molecule has 1 aromatic rings. The van der Waals surface area contributed by atoms with Crippen LogP contribution in [0, 0.1) is 0 Å². The molecular weight excluding hydrogens is 280 g/mol. The monoisotopic (exact) mass is 294 g/mol. The van der Waals surface area contributed by atoms with E-state index in [9.17, 15) is 4.79 Å². The van der Waals surface area contributed by atoms with Crippen LogP contribution in [0.5, 0.6) is 0 Å². The first-order valence-electron chi connectivity index (χ1n) is 5.66. The summed E-state index contributed by atoms with van der Waals surface area (Å²) in [6.07, 6.45) is 7.48. The van der Waals surface area contributed by atoms with E-state index in [4.69, 9.17) is 10.7 Å². The van der Waals surface area contributed by atoms with Crippen LogP contribution >= 0.6 is 21.7 Å². The minimum atomic E-state index is -0.266. The maximum atomic E-state index is 11.2. The Kier molecular flexibility index (Phi) is 7.08. The Hall–Kier alpha value is -1.45. The van der Waals surface area contributed by atoms with Gasteiger partial charge in [0.05, 0.1) is 13.5 Å². The van der Waals surface area contributed by atoms with Gasteiger partial charge in [-0.2, -0.15) is 0 Å². The molecule has 0 fully saturated rings. The standard InChI is InChI=1S/C15H15ClO2S/c1-3-4-5-12(8-11-15(17)18-2)13-6-9-14(19-16)10-7-13/h3-10H,1,11H2,2H3/b5-4-,12-8+. The highest BCUT2D eigenvalue weighted by Crippen LogP contribution is 2.25. The molecular formula is C15H15ClO2S. The predicted molar refractivity (Wildman–Crippen MR) is 82.1 cm³/mol. The van der Waals surface area contributed by atoms with Crippen molar-refractivity contribution < 1.29 is 9.53 Å². The van der Waals surface area contributed by atoms with Gasteiger partial charge >= 0.3 is 5.97 Å². The van der Waals surface area contributed by atoms with Crippen molar-refractivity contribution in [3.63, 3.8) is 0 Å². The number of benzene rings is 1. The second kappa shape index (κ2) is 8.62. The highest BCUT2D eigenvalue weighted by molar-refractivity contribution is 8.21. The zero-order valence-electron chi connectivity index (χ0n) is 10.6. The average molecular weight is 295 g/mol. The SMILES string of the molecule is C=C/C=C\C(=C/CC(=O)OC)c1ccc(SCl)cc1. The van der Waals surface area contributed by atoms with Crippen LogP contribution in [0.15, 0.2) is 60.0 Å². The van der Waals surface area contributed by atoms with Crippen molar-refractivity contribution in [2.24, 2.45) is 0 Å². The molecule has 1 aromatic carbocycles. The van der Waals surface area contributed by atoms with Crippen LogP contribution in [0.4, 0.5) is 0 Å². The fraction of sp³-hybridized carbons (Fsp3) is 0.133. The molecule has 0 spiro atoms. The number of halogens is 1. The summed E-state index contributed by atoms with van der Waals surface area (Å²) in [6.45, 7) is 3.64. The zero-order valence-corrected chi connectivity index (χ0v) is 12.2. The summed E-state index contributed by atoms with van der Waals surface area (Å²) < 4.78 is 4.63. The van der Waals surface area contributed by atoms with Crippen LogP contribution in [0.25, 0.3) is 5.57 Å². The normalized spacial score (nSPS) is 11.6. The molecule has 0 unspecified atom stereocenters. The van der Waals surface area contributed by atoms with Gasteiger partial charge in [0.2, 0.25) is 0 Å². The summed E-state index contributed by atoms with van der Waals surface area (Å²) in [5.74, 6) is -0.266. The number of esters is 1. The molecule has 0 N–H and O–H groups in total. The third-order valence-corrected chi connectivity index (χ3v) is 3.39. The first-order chi connectivity index (χ1) is 9.21. The first kappa shape index (κ1) is 15.6. The summed E-state index contributed by atoms with van der Waals surface area (Å²) in [5, 5.41) is 0. The Bertz CT molecular complexity index is 489. The molecule has 0 saturated carbocycles. The number of hydrogen-bond donors (Lipinski definition) is 0. The number of hydrogen-bond acceptors (Lipinski definition) is 3. The number of carbonyl (C=O) groups is 1. The van der Waals surface area contributed by atoms with Gasteiger partial charge in [-0.25, -0.2) is 0 Å². The van der Waals surface area contributed by atoms with Crippen LogP contribution in [0.3, 0.4) is 0 Å². The minimum absolute atomic E-state index is 0.235. The van der Waals surface area contributed by atoms with Crippen molar-refractivity contribution in [1.82, 2.24) is 0 Å². The second-order valence-electron chi connectivity index (χ2n) is 3.64. The van der Waals surface area contributed by atoms with Gasteiger partial charge in [0, 0.05) is 4.90 Å². The largest absolute Gasteiger partial charge is 0.469 e. The van der Waals surface area contributed by atoms with Gasteiger partial charge in [0.15, 0.2) is 0 Å². The minimum Gasteiger partial charge on any atom is -0.469 e. The van der Waals surface area contributed by atoms with Crippen LogP contribution in [0.2, 0.25) is 0 Å². The zero-order chi connectivity index (χ0) is 14.1. The van der Waals surface area contributed by atoms with Crippen LogP contribution in [0.1, 0.15) is 12.0 Å². The van der Waals surface area contributed by atoms with Crippen LogP contribution in [-0.2, 0) is 9.53 Å². The van der Waals surface area contributed by atoms with Crippen molar-refractivity contribution in [1.29, 1.82) is 0 Å². The fourth-order valence-electron chi connectivity index (χ4n) is 1.43. The lowest BCUT2D eigenvalue weighted by Gasteiger charge is -2.04. The Balaban J connectivity index is 2.97. The molecule has 0 radical (unpaired) electrons. The van der Waals surface area contributed by atoms with E-state index in [1.807, 2.05) is 42.5 Å². The Morgan fingerprint density at radius 1 is 1.42 bits per heavy atom. The van der Waals surface area contributed by atoms with Crippen molar-refractivity contribution in [2.75, 3.05) is 7.11 Å². The topological polar surface area (TPSA) is 26.3 Å². The van der Waals surface area contributed by atoms with Gasteiger partial charge in [0.1, 0.15) is 0 Å². The molecule has 19 heavy (non-hydrogen) atoms. The fourth-order valence-corrected chi connectivity index (χ4v) is 1.98. The van der Waals surface area contributed by atoms with Gasteiger partial charge in [-0.1, -0.05) is 43.0 Å².